The van der Waals surface area contributed by atoms with Crippen LogP contribution in [0.2, 0.25) is 0 Å². The first-order valence-electron chi connectivity index (χ1n) is 23.2. The van der Waals surface area contributed by atoms with Crippen molar-refractivity contribution in [2.45, 2.75) is 38.5 Å². The van der Waals surface area contributed by atoms with Gasteiger partial charge in [-0.1, -0.05) is 185 Å². The van der Waals surface area contributed by atoms with Crippen molar-refractivity contribution in [3.8, 4) is 44.5 Å². The molecule has 0 bridgehead atoms. The number of rotatable bonds is 8. The number of benzene rings is 10. The molecular formula is C64H50N2. The summed E-state index contributed by atoms with van der Waals surface area (Å²) in [6.07, 6.45) is 0. The Hall–Kier alpha value is -7.94. The van der Waals surface area contributed by atoms with Crippen LogP contribution >= 0.6 is 0 Å². The maximum absolute atomic E-state index is 2.47. The Morgan fingerprint density at radius 2 is 0.561 bits per heavy atom. The Labute approximate surface area is 388 Å². The van der Waals surface area contributed by atoms with Crippen molar-refractivity contribution in [3.63, 3.8) is 0 Å². The van der Waals surface area contributed by atoms with Gasteiger partial charge in [0, 0.05) is 45.0 Å². The lowest BCUT2D eigenvalue weighted by Crippen LogP contribution is -2.24. The highest BCUT2D eigenvalue weighted by Gasteiger charge is 2.47. The highest BCUT2D eigenvalue weighted by molar-refractivity contribution is 6.13. The van der Waals surface area contributed by atoms with Crippen LogP contribution in [0.4, 0.5) is 34.1 Å². The smallest absolute Gasteiger partial charge is 0.0465 e. The van der Waals surface area contributed by atoms with Gasteiger partial charge in [-0.25, -0.2) is 0 Å². The minimum absolute atomic E-state index is 0.285. The molecule has 10 aromatic rings. The third-order valence-electron chi connectivity index (χ3n) is 14.4. The van der Waals surface area contributed by atoms with Gasteiger partial charge in [0.15, 0.2) is 0 Å². The first kappa shape index (κ1) is 39.6. The van der Waals surface area contributed by atoms with Crippen LogP contribution in [0.1, 0.15) is 49.9 Å². The molecule has 0 unspecified atom stereocenters. The molecule has 2 nitrogen and oxygen atoms in total. The van der Waals surface area contributed by atoms with Gasteiger partial charge >= 0.3 is 0 Å². The van der Waals surface area contributed by atoms with E-state index in [-0.39, 0.29) is 10.8 Å². The molecule has 2 aliphatic rings. The Bertz CT molecular complexity index is 3190. The van der Waals surface area contributed by atoms with Crippen LogP contribution in [-0.2, 0) is 10.8 Å². The highest BCUT2D eigenvalue weighted by Crippen LogP contribution is 2.63. The summed E-state index contributed by atoms with van der Waals surface area (Å²) < 4.78 is 0. The molecule has 0 spiro atoms. The summed E-state index contributed by atoms with van der Waals surface area (Å²) in [4.78, 5) is 4.82. The second-order valence-corrected chi connectivity index (χ2v) is 18.9. The van der Waals surface area contributed by atoms with Crippen LogP contribution in [0.15, 0.2) is 231 Å². The van der Waals surface area contributed by atoms with E-state index in [0.29, 0.717) is 0 Å². The van der Waals surface area contributed by atoms with Crippen LogP contribution in [0.25, 0.3) is 55.3 Å². The van der Waals surface area contributed by atoms with E-state index in [1.165, 1.54) is 77.5 Å². The number of hydrogen-bond donors (Lipinski definition) is 0. The maximum Gasteiger partial charge on any atom is 0.0465 e. The van der Waals surface area contributed by atoms with Crippen LogP contribution < -0.4 is 9.80 Å². The largest absolute Gasteiger partial charge is 0.310 e. The van der Waals surface area contributed by atoms with E-state index >= 15 is 0 Å². The molecule has 0 N–H and O–H groups in total. The molecule has 316 valence electrons. The molecule has 12 rings (SSSR count). The summed E-state index contributed by atoms with van der Waals surface area (Å²) in [5.74, 6) is 0. The third-order valence-corrected chi connectivity index (χ3v) is 14.4. The number of para-hydroxylation sites is 2. The highest BCUT2D eigenvalue weighted by atomic mass is 15.1. The second kappa shape index (κ2) is 15.4. The van der Waals surface area contributed by atoms with Crippen LogP contribution in [-0.4, -0.2) is 0 Å². The minimum Gasteiger partial charge on any atom is -0.310 e. The van der Waals surface area contributed by atoms with Crippen LogP contribution in [0.3, 0.4) is 0 Å². The number of hydrogen-bond acceptors (Lipinski definition) is 2. The monoisotopic (exact) mass is 846 g/mol. The molecule has 0 heterocycles. The van der Waals surface area contributed by atoms with Gasteiger partial charge in [-0.3, -0.25) is 0 Å². The molecule has 0 radical (unpaired) electrons. The Morgan fingerprint density at radius 1 is 0.273 bits per heavy atom. The third kappa shape index (κ3) is 6.24. The molecule has 2 heteroatoms. The summed E-state index contributed by atoms with van der Waals surface area (Å²) in [7, 11) is 0. The van der Waals surface area contributed by atoms with E-state index in [2.05, 4.69) is 268 Å². The normalized spacial score (nSPS) is 13.7. The van der Waals surface area contributed by atoms with Gasteiger partial charge in [0.05, 0.1) is 0 Å². The number of fused-ring (bicyclic) bond motifs is 10. The lowest BCUT2D eigenvalue weighted by Gasteiger charge is -2.32. The van der Waals surface area contributed by atoms with Gasteiger partial charge in [-0.05, 0) is 150 Å². The molecule has 0 atom stereocenters. The molecule has 66 heavy (non-hydrogen) atoms. The molecule has 10 aromatic carbocycles. The van der Waals surface area contributed by atoms with Gasteiger partial charge < -0.3 is 9.80 Å². The Kier molecular flexibility index (Phi) is 9.22. The van der Waals surface area contributed by atoms with Crippen molar-refractivity contribution >= 4 is 44.9 Å². The van der Waals surface area contributed by atoms with E-state index in [0.717, 1.165) is 34.1 Å². The number of anilines is 6. The Morgan fingerprint density at radius 3 is 0.924 bits per heavy atom. The zero-order chi connectivity index (χ0) is 44.6. The van der Waals surface area contributed by atoms with E-state index < -0.39 is 0 Å². The SMILES string of the molecule is CC1(C)c2cc(N(c3ccccc3)c3ccc(-c4ccccc4)cc3)ccc2-c2c1c1c(c3ccccc23)-c2ccc(N(c3ccccc3)c3ccc(-c4ccccc4)cc3)cc2C1(C)C. The van der Waals surface area contributed by atoms with Crippen molar-refractivity contribution < 1.29 is 0 Å². The zero-order valence-electron chi connectivity index (χ0n) is 37.8. The fraction of sp³-hybridized carbons (Fsp3) is 0.0938. The molecular weight excluding hydrogens is 797 g/mol. The molecule has 0 saturated heterocycles. The van der Waals surface area contributed by atoms with Gasteiger partial charge in [-0.2, -0.15) is 0 Å². The van der Waals surface area contributed by atoms with E-state index in [1.807, 2.05) is 0 Å². The number of nitrogens with zero attached hydrogens (tertiary/aromatic N) is 2. The maximum atomic E-state index is 2.47. The molecule has 0 saturated carbocycles. The summed E-state index contributed by atoms with van der Waals surface area (Å²) in [5, 5.41) is 2.64. The van der Waals surface area contributed by atoms with Gasteiger partial charge in [0.1, 0.15) is 0 Å². The quantitative estimate of drug-likeness (QED) is 0.150. The van der Waals surface area contributed by atoms with Crippen LogP contribution in [0, 0.1) is 0 Å². The summed E-state index contributed by atoms with van der Waals surface area (Å²) in [6, 6.07) is 84.4. The molecule has 2 aliphatic carbocycles. The lowest BCUT2D eigenvalue weighted by molar-refractivity contribution is 0.602. The predicted octanol–water partition coefficient (Wildman–Crippen LogP) is 17.7. The van der Waals surface area contributed by atoms with Crippen molar-refractivity contribution in [1.29, 1.82) is 0 Å². The first-order chi connectivity index (χ1) is 32.3. The average Bonchev–Trinajstić information content (AvgIpc) is 3.75. The summed E-state index contributed by atoms with van der Waals surface area (Å²) in [6.45, 7) is 9.83. The van der Waals surface area contributed by atoms with E-state index in [9.17, 15) is 0 Å². The Balaban J connectivity index is 0.991. The minimum atomic E-state index is -0.285. The summed E-state index contributed by atoms with van der Waals surface area (Å²) in [5.41, 5.74) is 22.1. The van der Waals surface area contributed by atoms with E-state index in [1.54, 1.807) is 0 Å². The summed E-state index contributed by atoms with van der Waals surface area (Å²) >= 11 is 0. The fourth-order valence-corrected chi connectivity index (χ4v) is 11.2. The topological polar surface area (TPSA) is 6.48 Å². The van der Waals surface area contributed by atoms with Gasteiger partial charge in [0.2, 0.25) is 0 Å². The zero-order valence-corrected chi connectivity index (χ0v) is 37.8. The van der Waals surface area contributed by atoms with Gasteiger partial charge in [0.25, 0.3) is 0 Å². The molecule has 0 amide bonds. The van der Waals surface area contributed by atoms with Crippen molar-refractivity contribution in [2.75, 3.05) is 9.80 Å². The van der Waals surface area contributed by atoms with Crippen molar-refractivity contribution in [2.24, 2.45) is 0 Å². The van der Waals surface area contributed by atoms with E-state index in [4.69, 9.17) is 0 Å². The first-order valence-corrected chi connectivity index (χ1v) is 23.2. The van der Waals surface area contributed by atoms with Crippen molar-refractivity contribution in [1.82, 2.24) is 0 Å². The van der Waals surface area contributed by atoms with Gasteiger partial charge in [-0.15, -0.1) is 0 Å². The second-order valence-electron chi connectivity index (χ2n) is 18.9. The van der Waals surface area contributed by atoms with Crippen molar-refractivity contribution in [3.05, 3.63) is 253 Å². The fourth-order valence-electron chi connectivity index (χ4n) is 11.2. The average molecular weight is 847 g/mol. The molecule has 0 aliphatic heterocycles. The van der Waals surface area contributed by atoms with Crippen LogP contribution in [0.5, 0.6) is 0 Å². The molecule has 0 fully saturated rings. The standard InChI is InChI=1S/C64H50N2/c1-63(2)57-41-51(65(47-23-13-7-14-24-47)49-33-29-45(30-34-49)43-19-9-5-10-20-43)37-39-55(57)59-53-27-17-18-28-54(53)60-56-40-38-52(42-58(56)64(3,4)62(60)61(59)63)66(48-25-15-8-16-26-48)50-35-31-46(32-36-50)44-21-11-6-12-22-44/h5-42H,1-4H3. The molecule has 0 aromatic heterocycles. The lowest BCUT2D eigenvalue weighted by atomic mass is 9.71. The predicted molar refractivity (Wildman–Crippen MR) is 279 cm³/mol.